The molecule has 0 fully saturated rings. The number of carbonyl (C=O) groups excluding carboxylic acids is 1. The summed E-state index contributed by atoms with van der Waals surface area (Å²) >= 11 is 0. The number of aliphatic hydroxyl groups excluding tert-OH is 1. The third kappa shape index (κ3) is 2.66. The molecule has 28 heavy (non-hydrogen) atoms. The fraction of sp³-hybridized carbons (Fsp3) is 0.286. The molecule has 0 radical (unpaired) electrons. The number of aliphatic hydroxyl groups is 1. The number of benzene rings is 1. The van der Waals surface area contributed by atoms with Crippen LogP contribution in [0.15, 0.2) is 71.1 Å². The highest BCUT2D eigenvalue weighted by molar-refractivity contribution is 5.98. The molecule has 142 valence electrons. The van der Waals surface area contributed by atoms with Crippen LogP contribution < -0.4 is 5.32 Å². The van der Waals surface area contributed by atoms with Crippen molar-refractivity contribution in [3.05, 3.63) is 83.5 Å². The van der Waals surface area contributed by atoms with E-state index in [2.05, 4.69) is 21.5 Å². The van der Waals surface area contributed by atoms with Crippen LogP contribution >= 0.6 is 0 Å². The lowest BCUT2D eigenvalue weighted by molar-refractivity contribution is -0.690. The molecular formula is C21H21N4O3+. The monoisotopic (exact) mass is 377 g/mol. The Balaban J connectivity index is 1.65. The van der Waals surface area contributed by atoms with Crippen molar-refractivity contribution in [1.82, 2.24) is 14.8 Å². The van der Waals surface area contributed by atoms with E-state index in [1.807, 2.05) is 24.3 Å². The van der Waals surface area contributed by atoms with Gasteiger partial charge in [0, 0.05) is 18.4 Å². The normalized spacial score (nSPS) is 25.0. The van der Waals surface area contributed by atoms with Crippen LogP contribution in [0, 0.1) is 0 Å². The first-order valence-corrected chi connectivity index (χ1v) is 9.49. The fourth-order valence-corrected chi connectivity index (χ4v) is 4.55. The van der Waals surface area contributed by atoms with Crippen molar-refractivity contribution in [3.63, 3.8) is 0 Å². The summed E-state index contributed by atoms with van der Waals surface area (Å²) in [6, 6.07) is 11.0. The lowest BCUT2D eigenvalue weighted by Gasteiger charge is -2.34. The number of hydrogen-bond acceptors (Lipinski definition) is 5. The maximum Gasteiger partial charge on any atom is 0.169 e. The molecule has 3 aromatic rings. The second kappa shape index (κ2) is 6.76. The van der Waals surface area contributed by atoms with Gasteiger partial charge in [-0.3, -0.25) is 4.79 Å². The molecule has 0 bridgehead atoms. The van der Waals surface area contributed by atoms with Crippen molar-refractivity contribution in [1.29, 1.82) is 0 Å². The predicted molar refractivity (Wildman–Crippen MR) is 99.5 cm³/mol. The molecule has 0 saturated heterocycles. The predicted octanol–water partition coefficient (Wildman–Crippen LogP) is 1.84. The molecule has 7 nitrogen and oxygen atoms in total. The van der Waals surface area contributed by atoms with Gasteiger partial charge >= 0.3 is 0 Å². The van der Waals surface area contributed by atoms with E-state index in [9.17, 15) is 9.90 Å². The number of nitrogens with two attached hydrogens (primary N) is 1. The van der Waals surface area contributed by atoms with Gasteiger partial charge in [0.1, 0.15) is 36.3 Å². The summed E-state index contributed by atoms with van der Waals surface area (Å²) < 4.78 is 7.19. The molecule has 1 aromatic carbocycles. The number of quaternary nitrogens is 1. The van der Waals surface area contributed by atoms with Crippen LogP contribution in [-0.4, -0.2) is 32.2 Å². The van der Waals surface area contributed by atoms with Gasteiger partial charge in [-0.15, -0.1) is 0 Å². The number of fused-ring (bicyclic) bond motifs is 1. The molecule has 5 rings (SSSR count). The van der Waals surface area contributed by atoms with Crippen LogP contribution in [0.1, 0.15) is 41.3 Å². The highest BCUT2D eigenvalue weighted by Crippen LogP contribution is 2.44. The summed E-state index contributed by atoms with van der Waals surface area (Å²) in [7, 11) is 0. The number of ketones is 1. The van der Waals surface area contributed by atoms with Crippen LogP contribution in [0.2, 0.25) is 0 Å². The first-order valence-electron chi connectivity index (χ1n) is 9.49. The van der Waals surface area contributed by atoms with Crippen molar-refractivity contribution in [2.75, 3.05) is 6.54 Å². The maximum atomic E-state index is 13.2. The number of rotatable bonds is 3. The first-order chi connectivity index (χ1) is 13.7. The second-order valence-electron chi connectivity index (χ2n) is 7.32. The minimum atomic E-state index is -0.524. The Morgan fingerprint density at radius 1 is 1.21 bits per heavy atom. The standard InChI is InChI=1S/C21H20N4O3/c26-16-10-15(17-6-3-9-28-17)20(25-12-22-11-24-25)21(27)18(16)19-14-5-2-1-4-13(14)7-8-23-19/h1-6,9,11-12,15,19-20,23,27H,7-8,10H2/p+1/t15-,19+,20-/m1/s1. The molecule has 0 saturated carbocycles. The van der Waals surface area contributed by atoms with Crippen molar-refractivity contribution < 1.29 is 19.6 Å². The van der Waals surface area contributed by atoms with Crippen LogP contribution in [-0.2, 0) is 11.2 Å². The van der Waals surface area contributed by atoms with Gasteiger partial charge in [-0.1, -0.05) is 24.3 Å². The zero-order valence-corrected chi connectivity index (χ0v) is 15.2. The highest BCUT2D eigenvalue weighted by atomic mass is 16.3. The van der Waals surface area contributed by atoms with Crippen molar-refractivity contribution >= 4 is 5.78 Å². The van der Waals surface area contributed by atoms with Crippen molar-refractivity contribution in [2.45, 2.75) is 30.8 Å². The van der Waals surface area contributed by atoms with Crippen LogP contribution in [0.25, 0.3) is 0 Å². The van der Waals surface area contributed by atoms with Gasteiger partial charge in [-0.25, -0.2) is 9.67 Å². The van der Waals surface area contributed by atoms with E-state index in [0.717, 1.165) is 18.5 Å². The topological polar surface area (TPSA) is 97.8 Å². The summed E-state index contributed by atoms with van der Waals surface area (Å²) in [5.74, 6) is 0.341. The van der Waals surface area contributed by atoms with E-state index in [4.69, 9.17) is 4.42 Å². The number of hydrogen-bond donors (Lipinski definition) is 2. The minimum Gasteiger partial charge on any atom is -0.509 e. The summed E-state index contributed by atoms with van der Waals surface area (Å²) in [6.07, 6.45) is 5.80. The smallest absolute Gasteiger partial charge is 0.169 e. The Kier molecular flexibility index (Phi) is 4.09. The number of aromatic nitrogens is 3. The van der Waals surface area contributed by atoms with Gasteiger partial charge in [0.2, 0.25) is 0 Å². The van der Waals surface area contributed by atoms with Gasteiger partial charge in [0.05, 0.1) is 24.3 Å². The number of carbonyl (C=O) groups is 1. The molecule has 3 atom stereocenters. The maximum absolute atomic E-state index is 13.2. The summed E-state index contributed by atoms with van der Waals surface area (Å²) in [4.78, 5) is 17.2. The molecule has 2 aromatic heterocycles. The molecule has 0 unspecified atom stereocenters. The van der Waals surface area contributed by atoms with Gasteiger partial charge < -0.3 is 14.8 Å². The summed E-state index contributed by atoms with van der Waals surface area (Å²) in [5, 5.41) is 17.7. The third-order valence-electron chi connectivity index (χ3n) is 5.79. The van der Waals surface area contributed by atoms with Gasteiger partial charge in [-0.05, 0) is 17.7 Å². The summed E-state index contributed by atoms with van der Waals surface area (Å²) in [5.41, 5.74) is 2.79. The van der Waals surface area contributed by atoms with E-state index in [0.29, 0.717) is 11.3 Å². The second-order valence-corrected chi connectivity index (χ2v) is 7.32. The average Bonchev–Trinajstić information content (AvgIpc) is 3.42. The fourth-order valence-electron chi connectivity index (χ4n) is 4.55. The largest absolute Gasteiger partial charge is 0.509 e. The van der Waals surface area contributed by atoms with Gasteiger partial charge in [0.25, 0.3) is 0 Å². The lowest BCUT2D eigenvalue weighted by Crippen LogP contribution is -2.88. The van der Waals surface area contributed by atoms with E-state index in [1.165, 1.54) is 11.9 Å². The molecule has 0 amide bonds. The molecule has 0 spiro atoms. The highest BCUT2D eigenvalue weighted by Gasteiger charge is 2.45. The molecule has 1 aliphatic heterocycles. The molecule has 1 aliphatic carbocycles. The molecule has 2 aliphatic rings. The van der Waals surface area contributed by atoms with E-state index >= 15 is 0 Å². The molecule has 3 heterocycles. The summed E-state index contributed by atoms with van der Waals surface area (Å²) in [6.45, 7) is 0.876. The van der Waals surface area contributed by atoms with Crippen LogP contribution in [0.5, 0.6) is 0 Å². The SMILES string of the molecule is O=C1C[C@H](c2ccco2)[C@@H](n2cncn2)C(O)=C1[C@H]1[NH2+]CCc2ccccc21. The number of allylic oxidation sites excluding steroid dienone is 1. The minimum absolute atomic E-state index is 0.0479. The van der Waals surface area contributed by atoms with Gasteiger partial charge in [-0.2, -0.15) is 5.10 Å². The van der Waals surface area contributed by atoms with Crippen molar-refractivity contribution in [2.24, 2.45) is 0 Å². The average molecular weight is 377 g/mol. The lowest BCUT2D eigenvalue weighted by atomic mass is 9.76. The Morgan fingerprint density at radius 2 is 2.11 bits per heavy atom. The quantitative estimate of drug-likeness (QED) is 0.726. The third-order valence-corrected chi connectivity index (χ3v) is 5.79. The Labute approximate surface area is 161 Å². The Bertz CT molecular complexity index is 1020. The Morgan fingerprint density at radius 3 is 2.89 bits per heavy atom. The van der Waals surface area contributed by atoms with Gasteiger partial charge in [0.15, 0.2) is 5.78 Å². The number of nitrogens with zero attached hydrogens (tertiary/aromatic N) is 3. The van der Waals surface area contributed by atoms with E-state index in [-0.39, 0.29) is 29.9 Å². The molecular weight excluding hydrogens is 356 g/mol. The molecule has 3 N–H and O–H groups in total. The van der Waals surface area contributed by atoms with E-state index < -0.39 is 6.04 Å². The number of Topliss-reactive ketones (excluding diaryl/α,β-unsaturated/α-hetero) is 1. The molecule has 7 heteroatoms. The Hall–Kier alpha value is -3.19. The van der Waals surface area contributed by atoms with E-state index in [1.54, 1.807) is 23.3 Å². The first kappa shape index (κ1) is 16.9. The van der Waals surface area contributed by atoms with Crippen LogP contribution in [0.4, 0.5) is 0 Å². The van der Waals surface area contributed by atoms with Crippen molar-refractivity contribution in [3.8, 4) is 0 Å². The zero-order valence-electron chi connectivity index (χ0n) is 15.2. The number of furan rings is 1. The zero-order chi connectivity index (χ0) is 19.1. The van der Waals surface area contributed by atoms with Crippen LogP contribution in [0.3, 0.4) is 0 Å².